The van der Waals surface area contributed by atoms with Crippen LogP contribution in [0, 0.1) is 17.5 Å². The Hall–Kier alpha value is -3.27. The highest BCUT2D eigenvalue weighted by atomic mass is 19.1. The number of unbranched alkanes of at least 4 members (excludes halogenated alkanes) is 1. The monoisotopic (exact) mass is 791 g/mol. The fourth-order valence-corrected chi connectivity index (χ4v) is 5.22. The average Bonchev–Trinajstić information content (AvgIpc) is 3.82. The van der Waals surface area contributed by atoms with E-state index < -0.39 is 29.2 Å². The number of hydrogen-bond acceptors (Lipinski definition) is 14. The molecule has 16 nitrogen and oxygen atoms in total. The van der Waals surface area contributed by atoms with Gasteiger partial charge in [0.25, 0.3) is 0 Å². The number of aryl methyl sites for hydroxylation is 1. The van der Waals surface area contributed by atoms with E-state index >= 15 is 0 Å². The fraction of sp³-hybridized carbons (Fsp3) is 0.722. The van der Waals surface area contributed by atoms with Crippen LogP contribution in [0.25, 0.3) is 0 Å². The SMILES string of the molecule is O=CN[C@H]1CCN(CCCCc2cn(CCOCCOCCOCCOCCOCCOCCOCCOCCC(=O)Oc3c(F)cc(F)cc3F)nn2)C1. The molecule has 0 radical (unpaired) electrons. The van der Waals surface area contributed by atoms with Crippen molar-refractivity contribution in [1.82, 2.24) is 25.2 Å². The van der Waals surface area contributed by atoms with Crippen LogP contribution in [0.4, 0.5) is 13.2 Å². The van der Waals surface area contributed by atoms with Gasteiger partial charge in [-0.25, -0.2) is 17.9 Å². The zero-order valence-electron chi connectivity index (χ0n) is 31.5. The molecule has 55 heavy (non-hydrogen) atoms. The van der Waals surface area contributed by atoms with Gasteiger partial charge in [-0.05, 0) is 32.2 Å². The summed E-state index contributed by atoms with van der Waals surface area (Å²) in [4.78, 5) is 24.7. The summed E-state index contributed by atoms with van der Waals surface area (Å²) in [7, 11) is 0. The Morgan fingerprint density at radius 1 is 0.727 bits per heavy atom. The van der Waals surface area contributed by atoms with E-state index in [4.69, 9.17) is 37.9 Å². The van der Waals surface area contributed by atoms with Crippen LogP contribution < -0.4 is 10.1 Å². The van der Waals surface area contributed by atoms with Crippen LogP contribution in [-0.2, 0) is 60.4 Å². The Bertz CT molecular complexity index is 1290. The quantitative estimate of drug-likeness (QED) is 0.0467. The van der Waals surface area contributed by atoms with Crippen LogP contribution in [0.1, 0.15) is 31.4 Å². The molecule has 1 aliphatic rings. The van der Waals surface area contributed by atoms with Crippen molar-refractivity contribution in [2.24, 2.45) is 0 Å². The molecule has 2 heterocycles. The molecule has 0 spiro atoms. The lowest BCUT2D eigenvalue weighted by Crippen LogP contribution is -2.31. The number of aromatic nitrogens is 3. The molecule has 19 heteroatoms. The molecule has 1 N–H and O–H groups in total. The van der Waals surface area contributed by atoms with E-state index in [1.807, 2.05) is 6.20 Å². The Morgan fingerprint density at radius 2 is 1.24 bits per heavy atom. The number of carbonyl (C=O) groups excluding carboxylic acids is 2. The lowest BCUT2D eigenvalue weighted by atomic mass is 10.2. The normalized spacial score (nSPS) is 14.5. The Kier molecular flexibility index (Phi) is 25.1. The fourth-order valence-electron chi connectivity index (χ4n) is 5.22. The predicted molar refractivity (Wildman–Crippen MR) is 190 cm³/mol. The van der Waals surface area contributed by atoms with Crippen molar-refractivity contribution < 1.29 is 65.4 Å². The molecule has 2 aromatic rings. The van der Waals surface area contributed by atoms with Crippen molar-refractivity contribution in [2.45, 2.75) is 44.7 Å². The number of hydrogen-bond donors (Lipinski definition) is 1. The minimum atomic E-state index is -1.30. The highest BCUT2D eigenvalue weighted by Crippen LogP contribution is 2.23. The van der Waals surface area contributed by atoms with Crippen molar-refractivity contribution in [2.75, 3.05) is 125 Å². The number of ether oxygens (including phenoxy) is 9. The van der Waals surface area contributed by atoms with Gasteiger partial charge in [-0.2, -0.15) is 0 Å². The molecule has 312 valence electrons. The van der Waals surface area contributed by atoms with Gasteiger partial charge in [0.15, 0.2) is 11.6 Å². The van der Waals surface area contributed by atoms with Gasteiger partial charge in [0.05, 0.1) is 124 Å². The van der Waals surface area contributed by atoms with Crippen LogP contribution in [-0.4, -0.2) is 164 Å². The largest absolute Gasteiger partial charge is 0.420 e. The van der Waals surface area contributed by atoms with Crippen LogP contribution in [0.15, 0.2) is 18.3 Å². The summed E-state index contributed by atoms with van der Waals surface area (Å²) in [5.41, 5.74) is 0.988. The third kappa shape index (κ3) is 22.2. The number of nitrogens with one attached hydrogen (secondary N) is 1. The number of amides is 1. The lowest BCUT2D eigenvalue weighted by Gasteiger charge is -2.15. The molecule has 3 rings (SSSR count). The predicted octanol–water partition coefficient (Wildman–Crippen LogP) is 1.97. The van der Waals surface area contributed by atoms with Crippen LogP contribution in [0.3, 0.4) is 0 Å². The van der Waals surface area contributed by atoms with Gasteiger partial charge in [-0.15, -0.1) is 5.10 Å². The van der Waals surface area contributed by atoms with Gasteiger partial charge < -0.3 is 52.8 Å². The Morgan fingerprint density at radius 3 is 1.76 bits per heavy atom. The van der Waals surface area contributed by atoms with Crippen LogP contribution in [0.2, 0.25) is 0 Å². The lowest BCUT2D eigenvalue weighted by molar-refractivity contribution is -0.136. The molecule has 1 atom stereocenters. The van der Waals surface area contributed by atoms with Crippen molar-refractivity contribution in [1.29, 1.82) is 0 Å². The second kappa shape index (κ2) is 29.9. The number of halogens is 3. The van der Waals surface area contributed by atoms with E-state index in [2.05, 4.69) is 25.3 Å². The smallest absolute Gasteiger partial charge is 0.313 e. The number of esters is 1. The summed E-state index contributed by atoms with van der Waals surface area (Å²) >= 11 is 0. The Labute approximate surface area is 320 Å². The first-order valence-corrected chi connectivity index (χ1v) is 18.7. The van der Waals surface area contributed by atoms with Gasteiger partial charge in [-0.1, -0.05) is 5.21 Å². The summed E-state index contributed by atoms with van der Waals surface area (Å²) in [6.07, 6.45) is 6.58. The first kappa shape index (κ1) is 46.1. The van der Waals surface area contributed by atoms with Crippen molar-refractivity contribution in [3.05, 3.63) is 41.5 Å². The van der Waals surface area contributed by atoms with E-state index in [-0.39, 0.29) is 32.3 Å². The average molecular weight is 792 g/mol. The maximum absolute atomic E-state index is 13.5. The third-order valence-electron chi connectivity index (χ3n) is 8.02. The summed E-state index contributed by atoms with van der Waals surface area (Å²) in [6.45, 7) is 9.82. The minimum Gasteiger partial charge on any atom is -0.420 e. The maximum atomic E-state index is 13.5. The molecule has 0 saturated carbocycles. The van der Waals surface area contributed by atoms with Gasteiger partial charge in [-0.3, -0.25) is 9.59 Å². The zero-order chi connectivity index (χ0) is 39.2. The number of carbonyl (C=O) groups is 2. The van der Waals surface area contributed by atoms with Crippen molar-refractivity contribution in [3.63, 3.8) is 0 Å². The Balaban J connectivity index is 0.959. The summed E-state index contributed by atoms with van der Waals surface area (Å²) in [5, 5.41) is 11.3. The van der Waals surface area contributed by atoms with E-state index in [0.29, 0.717) is 105 Å². The summed E-state index contributed by atoms with van der Waals surface area (Å²) < 4.78 is 89.9. The molecule has 0 bridgehead atoms. The molecule has 1 aliphatic heterocycles. The molecule has 0 aliphatic carbocycles. The van der Waals surface area contributed by atoms with Gasteiger partial charge in [0, 0.05) is 37.5 Å². The van der Waals surface area contributed by atoms with Gasteiger partial charge >= 0.3 is 5.97 Å². The first-order valence-electron chi connectivity index (χ1n) is 18.7. The van der Waals surface area contributed by atoms with Gasteiger partial charge in [0.2, 0.25) is 12.2 Å². The van der Waals surface area contributed by atoms with E-state index in [0.717, 1.165) is 57.4 Å². The van der Waals surface area contributed by atoms with E-state index in [9.17, 15) is 22.8 Å². The minimum absolute atomic E-state index is 0.0363. The molecule has 1 aromatic heterocycles. The second-order valence-electron chi connectivity index (χ2n) is 12.3. The standard InChI is InChI=1S/C36H56F3N5O11/c37-30-25-33(38)36(34(39)26-30)55-35(46)5-9-47-11-13-49-15-17-51-19-21-53-23-24-54-22-20-52-18-16-50-14-12-48-10-8-44-28-32(41-42-44)3-1-2-6-43-7-4-31(27-43)40-29-45/h25-26,28-29,31H,1-24,27H2,(H,40,45)/t31-/m0/s1. The number of benzene rings is 1. The van der Waals surface area contributed by atoms with Gasteiger partial charge in [0.1, 0.15) is 5.82 Å². The number of nitrogens with zero attached hydrogens (tertiary/aromatic N) is 4. The molecule has 1 amide bonds. The molecular weight excluding hydrogens is 735 g/mol. The molecule has 1 saturated heterocycles. The maximum Gasteiger partial charge on any atom is 0.313 e. The molecule has 0 unspecified atom stereocenters. The first-order chi connectivity index (χ1) is 26.9. The second-order valence-corrected chi connectivity index (χ2v) is 12.3. The number of likely N-dealkylation sites (tertiary alicyclic amines) is 1. The molecule has 1 fully saturated rings. The van der Waals surface area contributed by atoms with Crippen molar-refractivity contribution in [3.8, 4) is 5.75 Å². The zero-order valence-corrected chi connectivity index (χ0v) is 31.5. The molecule has 1 aromatic carbocycles. The number of rotatable bonds is 35. The highest BCUT2D eigenvalue weighted by molar-refractivity contribution is 5.72. The van der Waals surface area contributed by atoms with Crippen LogP contribution in [0.5, 0.6) is 5.75 Å². The topological polar surface area (TPSA) is 163 Å². The summed E-state index contributed by atoms with van der Waals surface area (Å²) in [6, 6.07) is 1.14. The van der Waals surface area contributed by atoms with Crippen molar-refractivity contribution >= 4 is 12.4 Å². The van der Waals surface area contributed by atoms with E-state index in [1.54, 1.807) is 4.68 Å². The van der Waals surface area contributed by atoms with E-state index in [1.165, 1.54) is 0 Å². The molecular formula is C36H56F3N5O11. The highest BCUT2D eigenvalue weighted by Gasteiger charge is 2.21. The third-order valence-corrected chi connectivity index (χ3v) is 8.02. The summed E-state index contributed by atoms with van der Waals surface area (Å²) in [5.74, 6) is -5.56. The van der Waals surface area contributed by atoms with Crippen LogP contribution >= 0.6 is 0 Å².